The Balaban J connectivity index is 2.04. The van der Waals surface area contributed by atoms with Crippen molar-refractivity contribution in [1.29, 1.82) is 0 Å². The summed E-state index contributed by atoms with van der Waals surface area (Å²) in [6.07, 6.45) is 3.60. The van der Waals surface area contributed by atoms with E-state index in [1.165, 1.54) is 18.4 Å². The van der Waals surface area contributed by atoms with Gasteiger partial charge >= 0.3 is 0 Å². The van der Waals surface area contributed by atoms with E-state index in [2.05, 4.69) is 59.1 Å². The number of anilines is 2. The number of aryl methyl sites for hydroxylation is 1. The van der Waals surface area contributed by atoms with Gasteiger partial charge in [0.05, 0.1) is 3.57 Å². The third-order valence-corrected chi connectivity index (χ3v) is 3.92. The number of benzene rings is 2. The largest absolute Gasteiger partial charge is 0.507 e. The van der Waals surface area contributed by atoms with Crippen molar-refractivity contribution in [3.63, 3.8) is 0 Å². The van der Waals surface area contributed by atoms with E-state index in [1.807, 2.05) is 12.1 Å². The molecule has 0 aromatic heterocycles. The Hall–Kier alpha value is -1.23. The highest BCUT2D eigenvalue weighted by molar-refractivity contribution is 14.1. The first kappa shape index (κ1) is 14.2. The zero-order valence-electron chi connectivity index (χ0n) is 11.0. The number of nitrogens with one attached hydrogen (secondary N) is 1. The molecule has 3 heteroatoms. The molecule has 2 aromatic rings. The van der Waals surface area contributed by atoms with Gasteiger partial charge in [0.1, 0.15) is 5.75 Å². The van der Waals surface area contributed by atoms with Crippen LogP contribution >= 0.6 is 22.6 Å². The van der Waals surface area contributed by atoms with Crippen LogP contribution in [0.1, 0.15) is 25.3 Å². The number of unbranched alkanes of at least 4 members (excludes halogenated alkanes) is 1. The van der Waals surface area contributed by atoms with Gasteiger partial charge < -0.3 is 10.4 Å². The molecule has 0 aliphatic carbocycles. The van der Waals surface area contributed by atoms with Gasteiger partial charge in [-0.2, -0.15) is 0 Å². The first-order valence-electron chi connectivity index (χ1n) is 6.53. The number of rotatable bonds is 5. The molecule has 0 aliphatic rings. The van der Waals surface area contributed by atoms with Gasteiger partial charge in [0.2, 0.25) is 0 Å². The fraction of sp³-hybridized carbons (Fsp3) is 0.250. The van der Waals surface area contributed by atoms with Crippen LogP contribution in [0.3, 0.4) is 0 Å². The first-order chi connectivity index (χ1) is 9.19. The highest BCUT2D eigenvalue weighted by Crippen LogP contribution is 2.25. The topological polar surface area (TPSA) is 32.3 Å². The molecule has 0 radical (unpaired) electrons. The molecule has 0 heterocycles. The molecule has 0 spiro atoms. The zero-order valence-corrected chi connectivity index (χ0v) is 13.1. The lowest BCUT2D eigenvalue weighted by atomic mass is 10.1. The molecule has 0 saturated heterocycles. The van der Waals surface area contributed by atoms with Crippen molar-refractivity contribution < 1.29 is 5.11 Å². The second-order valence-corrected chi connectivity index (χ2v) is 5.75. The predicted octanol–water partition coefficient (Wildman–Crippen LogP) is 5.08. The van der Waals surface area contributed by atoms with Gasteiger partial charge in [-0.15, -0.1) is 0 Å². The van der Waals surface area contributed by atoms with Crippen LogP contribution in [0.25, 0.3) is 0 Å². The summed E-state index contributed by atoms with van der Waals surface area (Å²) in [5.74, 6) is 0.310. The summed E-state index contributed by atoms with van der Waals surface area (Å²) in [7, 11) is 0. The van der Waals surface area contributed by atoms with Crippen LogP contribution in [0.5, 0.6) is 5.75 Å². The summed E-state index contributed by atoms with van der Waals surface area (Å²) < 4.78 is 0.859. The Labute approximate surface area is 128 Å². The van der Waals surface area contributed by atoms with E-state index >= 15 is 0 Å². The molecule has 0 fully saturated rings. The third kappa shape index (κ3) is 4.13. The Morgan fingerprint density at radius 1 is 1.05 bits per heavy atom. The molecule has 0 aliphatic heterocycles. The van der Waals surface area contributed by atoms with Crippen molar-refractivity contribution in [1.82, 2.24) is 0 Å². The van der Waals surface area contributed by atoms with Gasteiger partial charge in [-0.05, 0) is 65.3 Å². The van der Waals surface area contributed by atoms with E-state index in [9.17, 15) is 5.11 Å². The van der Waals surface area contributed by atoms with Crippen molar-refractivity contribution >= 4 is 34.0 Å². The van der Waals surface area contributed by atoms with Gasteiger partial charge in [0, 0.05) is 17.4 Å². The highest BCUT2D eigenvalue weighted by Gasteiger charge is 2.00. The van der Waals surface area contributed by atoms with Crippen molar-refractivity contribution in [2.45, 2.75) is 26.2 Å². The maximum Gasteiger partial charge on any atom is 0.130 e. The zero-order chi connectivity index (χ0) is 13.7. The van der Waals surface area contributed by atoms with E-state index in [1.54, 1.807) is 6.07 Å². The summed E-state index contributed by atoms with van der Waals surface area (Å²) in [6, 6.07) is 14.1. The number of aromatic hydroxyl groups is 1. The monoisotopic (exact) mass is 367 g/mol. The van der Waals surface area contributed by atoms with Crippen molar-refractivity contribution in [2.24, 2.45) is 0 Å². The Bertz CT molecular complexity index is 537. The van der Waals surface area contributed by atoms with Gasteiger partial charge in [-0.25, -0.2) is 0 Å². The van der Waals surface area contributed by atoms with Gasteiger partial charge in [0.15, 0.2) is 0 Å². The molecular formula is C16H18INO. The van der Waals surface area contributed by atoms with E-state index in [4.69, 9.17) is 0 Å². The van der Waals surface area contributed by atoms with E-state index in [0.29, 0.717) is 5.75 Å². The highest BCUT2D eigenvalue weighted by atomic mass is 127. The summed E-state index contributed by atoms with van der Waals surface area (Å²) in [5, 5.41) is 13.0. The van der Waals surface area contributed by atoms with Gasteiger partial charge in [0.25, 0.3) is 0 Å². The van der Waals surface area contributed by atoms with E-state index < -0.39 is 0 Å². The molecule has 2 nitrogen and oxygen atoms in total. The summed E-state index contributed by atoms with van der Waals surface area (Å²) in [6.45, 7) is 2.21. The SMILES string of the molecule is CCCCc1ccc(Nc2ccc(I)c(O)c2)cc1. The van der Waals surface area contributed by atoms with Crippen LogP contribution in [0.2, 0.25) is 0 Å². The standard InChI is InChI=1S/C16H18INO/c1-2-3-4-12-5-7-13(8-6-12)18-14-9-10-15(17)16(19)11-14/h5-11,18-19H,2-4H2,1H3. The van der Waals surface area contributed by atoms with Crippen LogP contribution < -0.4 is 5.32 Å². The maximum absolute atomic E-state index is 9.67. The third-order valence-electron chi connectivity index (χ3n) is 3.01. The first-order valence-corrected chi connectivity index (χ1v) is 7.61. The normalized spacial score (nSPS) is 10.4. The molecule has 0 amide bonds. The quantitative estimate of drug-likeness (QED) is 0.722. The van der Waals surface area contributed by atoms with Crippen LogP contribution in [-0.2, 0) is 6.42 Å². The molecule has 100 valence electrons. The van der Waals surface area contributed by atoms with E-state index in [0.717, 1.165) is 21.4 Å². The molecule has 0 unspecified atom stereocenters. The number of phenolic OH excluding ortho intramolecular Hbond substituents is 1. The van der Waals surface area contributed by atoms with Crippen molar-refractivity contribution in [2.75, 3.05) is 5.32 Å². The minimum atomic E-state index is 0.310. The van der Waals surface area contributed by atoms with E-state index in [-0.39, 0.29) is 0 Å². The fourth-order valence-electron chi connectivity index (χ4n) is 1.89. The molecule has 19 heavy (non-hydrogen) atoms. The molecular weight excluding hydrogens is 349 g/mol. The van der Waals surface area contributed by atoms with Crippen LogP contribution in [0.15, 0.2) is 42.5 Å². The number of hydrogen-bond donors (Lipinski definition) is 2. The molecule has 2 rings (SSSR count). The Morgan fingerprint density at radius 2 is 1.74 bits per heavy atom. The maximum atomic E-state index is 9.67. The summed E-state index contributed by atoms with van der Waals surface area (Å²) in [5.41, 5.74) is 3.32. The molecule has 2 aromatic carbocycles. The lowest BCUT2D eigenvalue weighted by Crippen LogP contribution is -1.91. The second kappa shape index (κ2) is 6.80. The van der Waals surface area contributed by atoms with Crippen LogP contribution in [0, 0.1) is 3.57 Å². The fourth-order valence-corrected chi connectivity index (χ4v) is 2.23. The van der Waals surface area contributed by atoms with Gasteiger partial charge in [-0.3, -0.25) is 0 Å². The predicted molar refractivity (Wildman–Crippen MR) is 89.2 cm³/mol. The van der Waals surface area contributed by atoms with Crippen LogP contribution in [-0.4, -0.2) is 5.11 Å². The minimum Gasteiger partial charge on any atom is -0.507 e. The smallest absolute Gasteiger partial charge is 0.130 e. The molecule has 0 atom stereocenters. The summed E-state index contributed by atoms with van der Waals surface area (Å²) in [4.78, 5) is 0. The number of phenols is 1. The average Bonchev–Trinajstić information content (AvgIpc) is 2.42. The Kier molecular flexibility index (Phi) is 5.07. The Morgan fingerprint density at radius 3 is 2.37 bits per heavy atom. The summed E-state index contributed by atoms with van der Waals surface area (Å²) >= 11 is 2.11. The lowest BCUT2D eigenvalue weighted by Gasteiger charge is -2.08. The van der Waals surface area contributed by atoms with Gasteiger partial charge in [-0.1, -0.05) is 25.5 Å². The average molecular weight is 367 g/mol. The number of halogens is 1. The van der Waals surface area contributed by atoms with Crippen LogP contribution in [0.4, 0.5) is 11.4 Å². The minimum absolute atomic E-state index is 0.310. The van der Waals surface area contributed by atoms with Crippen molar-refractivity contribution in [3.8, 4) is 5.75 Å². The second-order valence-electron chi connectivity index (χ2n) is 4.59. The molecule has 2 N–H and O–H groups in total. The van der Waals surface area contributed by atoms with Crippen molar-refractivity contribution in [3.05, 3.63) is 51.6 Å². The molecule has 0 saturated carbocycles. The lowest BCUT2D eigenvalue weighted by molar-refractivity contribution is 0.472. The molecule has 0 bridgehead atoms. The number of hydrogen-bond acceptors (Lipinski definition) is 2.